The zero-order valence-electron chi connectivity index (χ0n) is 23.8. The van der Waals surface area contributed by atoms with Crippen LogP contribution in [-0.4, -0.2) is 59.4 Å². The highest BCUT2D eigenvalue weighted by Crippen LogP contribution is 2.16. The summed E-state index contributed by atoms with van der Waals surface area (Å²) in [5.74, 6) is -1.81. The van der Waals surface area contributed by atoms with Gasteiger partial charge in [0.05, 0.1) is 18.8 Å². The molecule has 42 heavy (non-hydrogen) atoms. The number of aliphatic hydroxyl groups excluding tert-OH is 2. The fourth-order valence-electron chi connectivity index (χ4n) is 4.74. The van der Waals surface area contributed by atoms with E-state index in [0.717, 1.165) is 39.3 Å². The number of hydrogen-bond acceptors (Lipinski definition) is 5. The van der Waals surface area contributed by atoms with Crippen LogP contribution in [0, 0.1) is 22.1 Å². The molecule has 0 saturated heterocycles. The van der Waals surface area contributed by atoms with Crippen molar-refractivity contribution < 1.29 is 23.8 Å². The standard InChI is InChI=1S/C31H38F2IN3O3.2ClH/c1-3-7-37(8-9-38)20-24-10-21(2)11-25(12-24)31(40)36-29(16-23-13-26(32)17-27(33)14-23)30(39)19-35-18-22-5-4-6-28(34)15-22;;/h4-6,10-15,17,29-30,35,38-39H,3,7-9,16,18-20H2,1-2H3,(H,36,40);2*1H/t29-,30-;;/m0../s1. The van der Waals surface area contributed by atoms with Crippen molar-refractivity contribution in [1.82, 2.24) is 15.5 Å². The second-order valence-electron chi connectivity index (χ2n) is 10.1. The van der Waals surface area contributed by atoms with Crippen molar-refractivity contribution in [1.29, 1.82) is 0 Å². The average Bonchev–Trinajstić information content (AvgIpc) is 2.87. The summed E-state index contributed by atoms with van der Waals surface area (Å²) in [6.07, 6.45) is -0.0324. The maximum absolute atomic E-state index is 13.9. The van der Waals surface area contributed by atoms with Gasteiger partial charge in [-0.25, -0.2) is 8.78 Å². The van der Waals surface area contributed by atoms with E-state index < -0.39 is 23.8 Å². The molecule has 3 aromatic rings. The minimum atomic E-state index is -1.02. The molecular formula is C31H40Cl2F2IN3O3. The average molecular weight is 738 g/mol. The van der Waals surface area contributed by atoms with Crippen molar-refractivity contribution in [3.05, 3.63) is 104 Å². The van der Waals surface area contributed by atoms with Crippen molar-refractivity contribution in [2.75, 3.05) is 26.2 Å². The van der Waals surface area contributed by atoms with Crippen LogP contribution in [0.5, 0.6) is 0 Å². The molecule has 0 unspecified atom stereocenters. The molecule has 11 heteroatoms. The van der Waals surface area contributed by atoms with Crippen molar-refractivity contribution in [2.45, 2.75) is 51.9 Å². The summed E-state index contributed by atoms with van der Waals surface area (Å²) in [5, 5.41) is 26.6. The van der Waals surface area contributed by atoms with Gasteiger partial charge >= 0.3 is 0 Å². The molecule has 1 amide bonds. The summed E-state index contributed by atoms with van der Waals surface area (Å²) in [7, 11) is 0. The number of nitrogens with zero attached hydrogens (tertiary/aromatic N) is 1. The van der Waals surface area contributed by atoms with E-state index in [4.69, 9.17) is 0 Å². The monoisotopic (exact) mass is 737 g/mol. The van der Waals surface area contributed by atoms with E-state index in [1.165, 1.54) is 12.1 Å². The van der Waals surface area contributed by atoms with E-state index in [0.29, 0.717) is 30.8 Å². The number of hydrogen-bond donors (Lipinski definition) is 4. The highest BCUT2D eigenvalue weighted by Gasteiger charge is 2.23. The molecule has 0 aliphatic rings. The lowest BCUT2D eigenvalue weighted by molar-refractivity contribution is 0.0829. The molecular weight excluding hydrogens is 698 g/mol. The summed E-state index contributed by atoms with van der Waals surface area (Å²) < 4.78 is 28.9. The summed E-state index contributed by atoms with van der Waals surface area (Å²) >= 11 is 2.24. The fraction of sp³-hybridized carbons (Fsp3) is 0.387. The first-order chi connectivity index (χ1) is 19.2. The van der Waals surface area contributed by atoms with E-state index >= 15 is 0 Å². The molecule has 232 valence electrons. The Morgan fingerprint density at radius 3 is 2.33 bits per heavy atom. The molecule has 6 nitrogen and oxygen atoms in total. The number of halogens is 5. The third-order valence-corrected chi connectivity index (χ3v) is 7.16. The van der Waals surface area contributed by atoms with Gasteiger partial charge < -0.3 is 20.8 Å². The van der Waals surface area contributed by atoms with Crippen LogP contribution in [0.4, 0.5) is 8.78 Å². The van der Waals surface area contributed by atoms with Crippen LogP contribution in [0.3, 0.4) is 0 Å². The largest absolute Gasteiger partial charge is 0.395 e. The molecule has 0 aliphatic carbocycles. The minimum Gasteiger partial charge on any atom is -0.395 e. The lowest BCUT2D eigenvalue weighted by Crippen LogP contribution is -2.48. The number of carbonyl (C=O) groups is 1. The third kappa shape index (κ3) is 12.8. The molecule has 0 saturated carbocycles. The maximum atomic E-state index is 13.9. The lowest BCUT2D eigenvalue weighted by atomic mass is 9.99. The number of aryl methyl sites for hydroxylation is 1. The SMILES string of the molecule is CCCN(CCO)Cc1cc(C)cc(C(=O)N[C@@H](Cc2cc(F)cc(F)c2)[C@@H](O)CNCc2cccc(I)c2)c1.Cl.Cl. The van der Waals surface area contributed by atoms with Crippen LogP contribution in [-0.2, 0) is 19.5 Å². The van der Waals surface area contributed by atoms with Gasteiger partial charge in [-0.3, -0.25) is 9.69 Å². The lowest BCUT2D eigenvalue weighted by Gasteiger charge is -2.25. The summed E-state index contributed by atoms with van der Waals surface area (Å²) in [6.45, 7) is 6.68. The molecule has 0 heterocycles. The number of benzene rings is 3. The van der Waals surface area contributed by atoms with Gasteiger partial charge in [-0.05, 0) is 102 Å². The predicted octanol–water partition coefficient (Wildman–Crippen LogP) is 5.42. The number of aliphatic hydroxyl groups is 2. The predicted molar refractivity (Wildman–Crippen MR) is 177 cm³/mol. The molecule has 0 aliphatic heterocycles. The van der Waals surface area contributed by atoms with Crippen LogP contribution < -0.4 is 10.6 Å². The molecule has 4 N–H and O–H groups in total. The quantitative estimate of drug-likeness (QED) is 0.157. The van der Waals surface area contributed by atoms with Crippen LogP contribution in [0.2, 0.25) is 0 Å². The van der Waals surface area contributed by atoms with Crippen LogP contribution >= 0.6 is 47.4 Å². The Kier molecular flexibility index (Phi) is 17.7. The Hall–Kier alpha value is -1.86. The Balaban J connectivity index is 0.00000441. The van der Waals surface area contributed by atoms with Gasteiger partial charge in [-0.15, -0.1) is 24.8 Å². The molecule has 0 fully saturated rings. The molecule has 0 spiro atoms. The van der Waals surface area contributed by atoms with Gasteiger partial charge in [0.1, 0.15) is 11.6 Å². The van der Waals surface area contributed by atoms with Gasteiger partial charge in [0.2, 0.25) is 0 Å². The first-order valence-electron chi connectivity index (χ1n) is 13.5. The Morgan fingerprint density at radius 2 is 1.69 bits per heavy atom. The summed E-state index contributed by atoms with van der Waals surface area (Å²) in [6, 6.07) is 16.0. The normalized spacial score (nSPS) is 12.3. The highest BCUT2D eigenvalue weighted by molar-refractivity contribution is 14.1. The number of carbonyl (C=O) groups excluding carboxylic acids is 1. The molecule has 3 rings (SSSR count). The second-order valence-corrected chi connectivity index (χ2v) is 11.3. The summed E-state index contributed by atoms with van der Waals surface area (Å²) in [5.41, 5.74) is 3.67. The topological polar surface area (TPSA) is 84.8 Å². The van der Waals surface area contributed by atoms with Crippen LogP contribution in [0.1, 0.15) is 46.0 Å². The van der Waals surface area contributed by atoms with Gasteiger partial charge in [0.25, 0.3) is 5.91 Å². The number of rotatable bonds is 15. The fourth-order valence-corrected chi connectivity index (χ4v) is 5.35. The van der Waals surface area contributed by atoms with Gasteiger partial charge in [0.15, 0.2) is 0 Å². The summed E-state index contributed by atoms with van der Waals surface area (Å²) in [4.78, 5) is 15.5. The Labute approximate surface area is 273 Å². The zero-order chi connectivity index (χ0) is 29.1. The van der Waals surface area contributed by atoms with Crippen molar-refractivity contribution in [3.8, 4) is 0 Å². The second kappa shape index (κ2) is 19.4. The zero-order valence-corrected chi connectivity index (χ0v) is 27.6. The molecule has 2 atom stereocenters. The van der Waals surface area contributed by atoms with E-state index in [9.17, 15) is 23.8 Å². The molecule has 0 radical (unpaired) electrons. The molecule has 3 aromatic carbocycles. The third-order valence-electron chi connectivity index (χ3n) is 6.49. The van der Waals surface area contributed by atoms with Crippen molar-refractivity contribution in [2.24, 2.45) is 0 Å². The first-order valence-corrected chi connectivity index (χ1v) is 14.6. The number of amides is 1. The van der Waals surface area contributed by atoms with Gasteiger partial charge in [-0.2, -0.15) is 0 Å². The number of nitrogens with one attached hydrogen (secondary N) is 2. The maximum Gasteiger partial charge on any atom is 0.251 e. The Bertz CT molecular complexity index is 1250. The minimum absolute atomic E-state index is 0. The molecule has 0 aromatic heterocycles. The van der Waals surface area contributed by atoms with E-state index in [2.05, 4.69) is 45.0 Å². The van der Waals surface area contributed by atoms with Crippen molar-refractivity contribution in [3.63, 3.8) is 0 Å². The smallest absolute Gasteiger partial charge is 0.251 e. The highest BCUT2D eigenvalue weighted by atomic mass is 127. The van der Waals surface area contributed by atoms with E-state index in [1.54, 1.807) is 6.07 Å². The molecule has 0 bridgehead atoms. The van der Waals surface area contributed by atoms with Gasteiger partial charge in [0, 0.05) is 41.4 Å². The van der Waals surface area contributed by atoms with E-state index in [1.807, 2.05) is 43.3 Å². The first kappa shape index (κ1) is 38.2. The van der Waals surface area contributed by atoms with E-state index in [-0.39, 0.29) is 50.3 Å². The Morgan fingerprint density at radius 1 is 0.976 bits per heavy atom. The van der Waals surface area contributed by atoms with Gasteiger partial charge in [-0.1, -0.05) is 30.7 Å². The van der Waals surface area contributed by atoms with Crippen molar-refractivity contribution >= 4 is 53.3 Å². The van der Waals surface area contributed by atoms with Crippen LogP contribution in [0.25, 0.3) is 0 Å². The van der Waals surface area contributed by atoms with Crippen LogP contribution in [0.15, 0.2) is 60.7 Å².